The highest BCUT2D eigenvalue weighted by molar-refractivity contribution is 7.17. The molecule has 20 heavy (non-hydrogen) atoms. The second kappa shape index (κ2) is 5.05. The molecule has 2 fully saturated rings. The zero-order chi connectivity index (χ0) is 13.5. The van der Waals surface area contributed by atoms with Gasteiger partial charge in [0, 0.05) is 28.5 Å². The van der Waals surface area contributed by atoms with Gasteiger partial charge >= 0.3 is 0 Å². The van der Waals surface area contributed by atoms with E-state index in [-0.39, 0.29) is 0 Å². The molecular formula is C17H22N2S. The van der Waals surface area contributed by atoms with Crippen molar-refractivity contribution in [1.29, 1.82) is 0 Å². The van der Waals surface area contributed by atoms with Crippen molar-refractivity contribution in [3.05, 3.63) is 29.6 Å². The number of fused-ring (bicyclic) bond motifs is 3. The van der Waals surface area contributed by atoms with Crippen LogP contribution in [0, 0.1) is 0 Å². The molecule has 2 nitrogen and oxygen atoms in total. The van der Waals surface area contributed by atoms with E-state index in [0.29, 0.717) is 0 Å². The summed E-state index contributed by atoms with van der Waals surface area (Å²) >= 11 is 1.84. The first-order valence-corrected chi connectivity index (χ1v) is 8.72. The first-order chi connectivity index (χ1) is 9.85. The van der Waals surface area contributed by atoms with Gasteiger partial charge in [-0.05, 0) is 67.3 Å². The van der Waals surface area contributed by atoms with Crippen LogP contribution in [0.5, 0.6) is 0 Å². The topological polar surface area (TPSA) is 15.3 Å². The average molecular weight is 286 g/mol. The van der Waals surface area contributed by atoms with Gasteiger partial charge in [-0.25, -0.2) is 0 Å². The molecule has 2 unspecified atom stereocenters. The molecule has 3 heteroatoms. The molecule has 1 aromatic carbocycles. The van der Waals surface area contributed by atoms with Crippen LogP contribution in [-0.2, 0) is 0 Å². The van der Waals surface area contributed by atoms with Crippen molar-refractivity contribution in [2.75, 3.05) is 11.4 Å². The Morgan fingerprint density at radius 2 is 2.00 bits per heavy atom. The van der Waals surface area contributed by atoms with Crippen molar-refractivity contribution < 1.29 is 0 Å². The second-order valence-electron chi connectivity index (χ2n) is 6.16. The number of nitrogens with one attached hydrogen (secondary N) is 1. The Morgan fingerprint density at radius 3 is 2.75 bits per heavy atom. The van der Waals surface area contributed by atoms with E-state index in [4.69, 9.17) is 0 Å². The van der Waals surface area contributed by atoms with Crippen LogP contribution in [0.15, 0.2) is 29.6 Å². The van der Waals surface area contributed by atoms with Crippen LogP contribution < -0.4 is 10.2 Å². The maximum Gasteiger partial charge on any atom is 0.0378 e. The van der Waals surface area contributed by atoms with E-state index in [9.17, 15) is 0 Å². The number of rotatable bonds is 3. The summed E-state index contributed by atoms with van der Waals surface area (Å²) in [6, 6.07) is 11.5. The molecular weight excluding hydrogens is 264 g/mol. The van der Waals surface area contributed by atoms with Crippen LogP contribution in [0.4, 0.5) is 5.69 Å². The Balaban J connectivity index is 1.62. The number of anilines is 1. The maximum atomic E-state index is 3.66. The van der Waals surface area contributed by atoms with Gasteiger partial charge in [-0.1, -0.05) is 6.92 Å². The molecule has 2 atom stereocenters. The Kier molecular flexibility index (Phi) is 3.20. The van der Waals surface area contributed by atoms with E-state index in [1.54, 1.807) is 0 Å². The van der Waals surface area contributed by atoms with E-state index in [0.717, 1.165) is 24.7 Å². The third kappa shape index (κ3) is 2.04. The van der Waals surface area contributed by atoms with Gasteiger partial charge in [0.2, 0.25) is 0 Å². The Hall–Kier alpha value is -1.06. The van der Waals surface area contributed by atoms with E-state index in [1.807, 2.05) is 11.3 Å². The Labute approximate surface area is 124 Å². The molecule has 4 rings (SSSR count). The summed E-state index contributed by atoms with van der Waals surface area (Å²) in [5.41, 5.74) is 1.44. The van der Waals surface area contributed by atoms with Crippen LogP contribution in [0.25, 0.3) is 10.1 Å². The summed E-state index contributed by atoms with van der Waals surface area (Å²) in [7, 11) is 0. The van der Waals surface area contributed by atoms with E-state index < -0.39 is 0 Å². The lowest BCUT2D eigenvalue weighted by molar-refractivity contribution is 0.361. The lowest BCUT2D eigenvalue weighted by Gasteiger charge is -2.41. The normalized spacial score (nSPS) is 29.2. The number of thiophene rings is 1. The van der Waals surface area contributed by atoms with Gasteiger partial charge in [0.25, 0.3) is 0 Å². The molecule has 2 aliphatic heterocycles. The van der Waals surface area contributed by atoms with Crippen LogP contribution >= 0.6 is 11.3 Å². The highest BCUT2D eigenvalue weighted by Gasteiger charge is 2.40. The minimum Gasteiger partial charge on any atom is -0.365 e. The van der Waals surface area contributed by atoms with Crippen molar-refractivity contribution in [2.45, 2.75) is 50.7 Å². The SMILES string of the molecule is CCNC1CC2CCC(C1)N2c1ccc2sccc2c1. The average Bonchev–Trinajstić information content (AvgIpc) is 3.01. The maximum absolute atomic E-state index is 3.66. The van der Waals surface area contributed by atoms with Crippen LogP contribution in [0.2, 0.25) is 0 Å². The molecule has 0 radical (unpaired) electrons. The molecule has 2 aromatic rings. The quantitative estimate of drug-likeness (QED) is 0.917. The summed E-state index contributed by atoms with van der Waals surface area (Å²) < 4.78 is 1.41. The minimum absolute atomic E-state index is 0.735. The Bertz CT molecular complexity index is 592. The number of piperidine rings is 1. The van der Waals surface area contributed by atoms with Gasteiger partial charge in [-0.2, -0.15) is 0 Å². The molecule has 0 amide bonds. The lowest BCUT2D eigenvalue weighted by atomic mass is 9.96. The van der Waals surface area contributed by atoms with Crippen LogP contribution in [0.1, 0.15) is 32.6 Å². The van der Waals surface area contributed by atoms with E-state index in [1.165, 1.54) is 41.5 Å². The highest BCUT2D eigenvalue weighted by Crippen LogP contribution is 2.40. The third-order valence-electron chi connectivity index (χ3n) is 4.96. The van der Waals surface area contributed by atoms with Gasteiger partial charge < -0.3 is 10.2 Å². The van der Waals surface area contributed by atoms with Gasteiger partial charge in [-0.15, -0.1) is 11.3 Å². The fourth-order valence-electron chi connectivity index (χ4n) is 4.17. The van der Waals surface area contributed by atoms with Gasteiger partial charge in [0.05, 0.1) is 0 Å². The lowest BCUT2D eigenvalue weighted by Crippen LogP contribution is -2.49. The summed E-state index contributed by atoms with van der Waals surface area (Å²) in [4.78, 5) is 2.71. The highest BCUT2D eigenvalue weighted by atomic mass is 32.1. The molecule has 0 aliphatic carbocycles. The standard InChI is InChI=1S/C17H22N2S/c1-2-18-13-10-15-3-4-16(11-13)19(15)14-5-6-17-12(9-14)7-8-20-17/h5-9,13,15-16,18H,2-4,10-11H2,1H3. The molecule has 2 bridgehead atoms. The molecule has 2 aliphatic rings. The van der Waals surface area contributed by atoms with Crippen molar-refractivity contribution >= 4 is 27.1 Å². The van der Waals surface area contributed by atoms with Crippen LogP contribution in [0.3, 0.4) is 0 Å². The fourth-order valence-corrected chi connectivity index (χ4v) is 4.94. The van der Waals surface area contributed by atoms with E-state index >= 15 is 0 Å². The molecule has 106 valence electrons. The minimum atomic E-state index is 0.735. The predicted molar refractivity (Wildman–Crippen MR) is 87.8 cm³/mol. The van der Waals surface area contributed by atoms with Crippen LogP contribution in [-0.4, -0.2) is 24.7 Å². The monoisotopic (exact) mass is 286 g/mol. The number of hydrogen-bond acceptors (Lipinski definition) is 3. The fraction of sp³-hybridized carbons (Fsp3) is 0.529. The predicted octanol–water partition coefficient (Wildman–Crippen LogP) is 4.01. The zero-order valence-electron chi connectivity index (χ0n) is 12.0. The smallest absolute Gasteiger partial charge is 0.0378 e. The molecule has 3 heterocycles. The first kappa shape index (κ1) is 12.7. The Morgan fingerprint density at radius 1 is 1.20 bits per heavy atom. The third-order valence-corrected chi connectivity index (χ3v) is 5.86. The summed E-state index contributed by atoms with van der Waals surface area (Å²) in [6.45, 7) is 3.32. The number of nitrogens with zero attached hydrogens (tertiary/aromatic N) is 1. The number of hydrogen-bond donors (Lipinski definition) is 1. The van der Waals surface area contributed by atoms with Gasteiger partial charge in [0.15, 0.2) is 0 Å². The summed E-state index contributed by atoms with van der Waals surface area (Å²) in [5.74, 6) is 0. The number of benzene rings is 1. The summed E-state index contributed by atoms with van der Waals surface area (Å²) in [6.07, 6.45) is 5.36. The van der Waals surface area contributed by atoms with Crippen molar-refractivity contribution in [3.8, 4) is 0 Å². The van der Waals surface area contributed by atoms with E-state index in [2.05, 4.69) is 46.8 Å². The van der Waals surface area contributed by atoms with Crippen molar-refractivity contribution in [3.63, 3.8) is 0 Å². The van der Waals surface area contributed by atoms with Crippen molar-refractivity contribution in [1.82, 2.24) is 5.32 Å². The molecule has 2 saturated heterocycles. The summed E-state index contributed by atoms with van der Waals surface area (Å²) in [5, 5.41) is 7.26. The second-order valence-corrected chi connectivity index (χ2v) is 7.11. The van der Waals surface area contributed by atoms with Gasteiger partial charge in [0.1, 0.15) is 0 Å². The molecule has 1 aromatic heterocycles. The first-order valence-electron chi connectivity index (χ1n) is 7.84. The molecule has 1 N–H and O–H groups in total. The van der Waals surface area contributed by atoms with Crippen molar-refractivity contribution in [2.24, 2.45) is 0 Å². The van der Waals surface area contributed by atoms with Gasteiger partial charge in [-0.3, -0.25) is 0 Å². The molecule has 0 spiro atoms. The largest absolute Gasteiger partial charge is 0.365 e. The molecule has 0 saturated carbocycles. The zero-order valence-corrected chi connectivity index (χ0v) is 12.8.